The van der Waals surface area contributed by atoms with Crippen molar-refractivity contribution in [2.24, 2.45) is 0 Å². The van der Waals surface area contributed by atoms with Gasteiger partial charge in [-0.25, -0.2) is 4.58 Å². The van der Waals surface area contributed by atoms with Gasteiger partial charge in [-0.2, -0.15) is 0 Å². The van der Waals surface area contributed by atoms with E-state index in [2.05, 4.69) is 37.2 Å². The van der Waals surface area contributed by atoms with Crippen LogP contribution in [0.1, 0.15) is 84.6 Å². The summed E-state index contributed by atoms with van der Waals surface area (Å²) in [5.41, 5.74) is 0.0578. The molecule has 0 aliphatic heterocycles. The van der Waals surface area contributed by atoms with Gasteiger partial charge in [-0.05, 0) is 12.8 Å². The lowest BCUT2D eigenvalue weighted by atomic mass is 9.78. The van der Waals surface area contributed by atoms with Gasteiger partial charge in [0, 0.05) is 54.9 Å². The summed E-state index contributed by atoms with van der Waals surface area (Å²) in [5, 5.41) is 56.5. The SMILES string of the molecule is CCCCN(CCCC)c1cc(O)c(C2=C([O-])C(=C3C(O)=CC(=[N+](CCCC)CCCC)C=C3O)C2=O)c(O)c1. The second-order valence-corrected chi connectivity index (χ2v) is 10.5. The van der Waals surface area contributed by atoms with Gasteiger partial charge >= 0.3 is 0 Å². The number of Topliss-reactive ketones (excluding diaryl/α,β-unsaturated/α-hetero) is 1. The largest absolute Gasteiger partial charge is 0.871 e. The number of hydrogen-bond acceptors (Lipinski definition) is 7. The molecule has 8 heteroatoms. The highest BCUT2D eigenvalue weighted by molar-refractivity contribution is 6.40. The third-order valence-corrected chi connectivity index (χ3v) is 7.43. The van der Waals surface area contributed by atoms with E-state index in [1.807, 2.05) is 0 Å². The number of rotatable bonds is 14. The van der Waals surface area contributed by atoms with E-state index < -0.39 is 11.5 Å². The molecule has 0 atom stereocenters. The van der Waals surface area contributed by atoms with E-state index in [4.69, 9.17) is 0 Å². The molecule has 218 valence electrons. The average Bonchev–Trinajstić information content (AvgIpc) is 2.92. The quantitative estimate of drug-likeness (QED) is 0.180. The number of carbonyl (C=O) groups is 1. The van der Waals surface area contributed by atoms with Crippen LogP contribution in [0.3, 0.4) is 0 Å². The lowest BCUT2D eigenvalue weighted by Gasteiger charge is -2.34. The topological polar surface area (TPSA) is 127 Å². The number of unbranched alkanes of at least 4 members (excludes halogenated alkanes) is 4. The molecule has 0 amide bonds. The summed E-state index contributed by atoms with van der Waals surface area (Å²) in [7, 11) is 0. The van der Waals surface area contributed by atoms with Crippen molar-refractivity contribution < 1.29 is 34.9 Å². The zero-order valence-corrected chi connectivity index (χ0v) is 24.3. The third-order valence-electron chi connectivity index (χ3n) is 7.43. The van der Waals surface area contributed by atoms with Gasteiger partial charge in [-0.3, -0.25) is 4.79 Å². The van der Waals surface area contributed by atoms with Crippen LogP contribution in [0, 0.1) is 0 Å². The maximum Gasteiger partial charge on any atom is 0.207 e. The molecule has 0 spiro atoms. The Bertz CT molecular complexity index is 1200. The van der Waals surface area contributed by atoms with Crippen molar-refractivity contribution in [3.8, 4) is 11.5 Å². The van der Waals surface area contributed by atoms with Crippen molar-refractivity contribution in [2.75, 3.05) is 31.1 Å². The fourth-order valence-corrected chi connectivity index (χ4v) is 5.06. The average molecular weight is 553 g/mol. The van der Waals surface area contributed by atoms with Crippen molar-refractivity contribution in [1.29, 1.82) is 0 Å². The highest BCUT2D eigenvalue weighted by Gasteiger charge is 2.38. The Labute approximate surface area is 237 Å². The molecule has 8 nitrogen and oxygen atoms in total. The van der Waals surface area contributed by atoms with Gasteiger partial charge in [0.05, 0.1) is 23.3 Å². The molecule has 0 fully saturated rings. The molecule has 0 radical (unpaired) electrons. The molecule has 2 aliphatic carbocycles. The highest BCUT2D eigenvalue weighted by Crippen LogP contribution is 2.47. The molecule has 0 saturated heterocycles. The molecule has 3 rings (SSSR count). The molecule has 4 N–H and O–H groups in total. The van der Waals surface area contributed by atoms with Crippen LogP contribution in [0.25, 0.3) is 5.57 Å². The summed E-state index contributed by atoms with van der Waals surface area (Å²) >= 11 is 0. The zero-order valence-electron chi connectivity index (χ0n) is 24.3. The lowest BCUT2D eigenvalue weighted by Crippen LogP contribution is -2.32. The molecule has 40 heavy (non-hydrogen) atoms. The normalized spacial score (nSPS) is 15.3. The van der Waals surface area contributed by atoms with Crippen molar-refractivity contribution in [1.82, 2.24) is 0 Å². The summed E-state index contributed by atoms with van der Waals surface area (Å²) in [5.74, 6) is -2.95. The molecule has 0 aromatic heterocycles. The lowest BCUT2D eigenvalue weighted by molar-refractivity contribution is -0.527. The van der Waals surface area contributed by atoms with Crippen LogP contribution in [-0.4, -0.2) is 62.7 Å². The Kier molecular flexibility index (Phi) is 10.9. The molecule has 2 aliphatic rings. The van der Waals surface area contributed by atoms with Gasteiger partial charge in [-0.1, -0.05) is 59.1 Å². The Morgan fingerprint density at radius 2 is 1.20 bits per heavy atom. The summed E-state index contributed by atoms with van der Waals surface area (Å²) in [6.45, 7) is 11.4. The molecule has 1 aromatic rings. The first-order valence-corrected chi connectivity index (χ1v) is 14.7. The number of hydrogen-bond donors (Lipinski definition) is 4. The standard InChI is InChI=1S/C32H44N2O6/c1-5-9-13-33(14-10-6-2)21-17-23(35)27(24(36)18-21)29-31(39)30(32(29)40)28-25(37)19-22(20-26(28)38)34(15-11-7-3)16-12-8-4/h17-20H,5-16H2,1-4H3,(H4,35,36,37,38,39,40). The number of benzene rings is 1. The third kappa shape index (κ3) is 6.54. The van der Waals surface area contributed by atoms with Gasteiger partial charge in [0.1, 0.15) is 36.1 Å². The van der Waals surface area contributed by atoms with Crippen LogP contribution in [0.4, 0.5) is 5.69 Å². The summed E-state index contributed by atoms with van der Waals surface area (Å²) < 4.78 is 2.07. The van der Waals surface area contributed by atoms with Crippen molar-refractivity contribution in [3.05, 3.63) is 58.3 Å². The van der Waals surface area contributed by atoms with E-state index in [1.165, 1.54) is 24.3 Å². The predicted octanol–water partition coefficient (Wildman–Crippen LogP) is 5.41. The van der Waals surface area contributed by atoms with Gasteiger partial charge < -0.3 is 30.4 Å². The number of aliphatic hydroxyl groups excluding tert-OH is 2. The van der Waals surface area contributed by atoms with E-state index in [0.717, 1.165) is 77.5 Å². The minimum atomic E-state index is -0.746. The molecule has 0 unspecified atom stereocenters. The van der Waals surface area contributed by atoms with E-state index in [9.17, 15) is 30.3 Å². The summed E-state index contributed by atoms with van der Waals surface area (Å²) in [6.07, 6.45) is 10.7. The number of allylic oxidation sites excluding steroid dienone is 4. The first-order valence-electron chi connectivity index (χ1n) is 14.7. The first-order chi connectivity index (χ1) is 19.2. The fourth-order valence-electron chi connectivity index (χ4n) is 5.06. The Hall–Kier alpha value is -3.68. The van der Waals surface area contributed by atoms with E-state index in [1.54, 1.807) is 0 Å². The predicted molar refractivity (Wildman–Crippen MR) is 157 cm³/mol. The monoisotopic (exact) mass is 552 g/mol. The highest BCUT2D eigenvalue weighted by atomic mass is 16.3. The van der Waals surface area contributed by atoms with Gasteiger partial charge in [0.2, 0.25) is 5.71 Å². The Morgan fingerprint density at radius 3 is 1.62 bits per heavy atom. The number of phenols is 2. The summed E-state index contributed by atoms with van der Waals surface area (Å²) in [4.78, 5) is 15.3. The number of anilines is 1. The second-order valence-electron chi connectivity index (χ2n) is 10.5. The molecule has 0 bridgehead atoms. The maximum absolute atomic E-state index is 13.2. The van der Waals surface area contributed by atoms with E-state index in [0.29, 0.717) is 11.4 Å². The van der Waals surface area contributed by atoms with Crippen LogP contribution < -0.4 is 10.0 Å². The summed E-state index contributed by atoms with van der Waals surface area (Å²) in [6, 6.07) is 2.94. The Balaban J connectivity index is 2.01. The Morgan fingerprint density at radius 1 is 0.725 bits per heavy atom. The number of aromatic hydroxyl groups is 2. The number of ketones is 1. The minimum Gasteiger partial charge on any atom is -0.871 e. The molecule has 0 heterocycles. The second kappa shape index (κ2) is 14.1. The first kappa shape index (κ1) is 30.9. The van der Waals surface area contributed by atoms with Gasteiger partial charge in [0.25, 0.3) is 0 Å². The van der Waals surface area contributed by atoms with E-state index >= 15 is 0 Å². The fraction of sp³-hybridized carbons (Fsp3) is 0.500. The van der Waals surface area contributed by atoms with Crippen molar-refractivity contribution in [3.63, 3.8) is 0 Å². The zero-order chi connectivity index (χ0) is 29.4. The maximum atomic E-state index is 13.2. The van der Waals surface area contributed by atoms with Crippen LogP contribution in [0.2, 0.25) is 0 Å². The molecular formula is C32H44N2O6. The smallest absolute Gasteiger partial charge is 0.207 e. The minimum absolute atomic E-state index is 0.227. The molecule has 0 saturated carbocycles. The van der Waals surface area contributed by atoms with Crippen molar-refractivity contribution in [2.45, 2.75) is 79.1 Å². The number of aliphatic hydroxyl groups is 2. The number of phenolic OH excluding ortho intramolecular Hbond substituents is 2. The number of nitrogens with zero attached hydrogens (tertiary/aromatic N) is 2. The molecular weight excluding hydrogens is 508 g/mol. The number of carbonyl (C=O) groups excluding carboxylic acids is 1. The van der Waals surface area contributed by atoms with Crippen molar-refractivity contribution >= 4 is 22.8 Å². The van der Waals surface area contributed by atoms with E-state index in [-0.39, 0.29) is 45.3 Å². The molecule has 1 aromatic carbocycles. The van der Waals surface area contributed by atoms with Gasteiger partial charge in [-0.15, -0.1) is 0 Å². The van der Waals surface area contributed by atoms with Crippen LogP contribution in [0.5, 0.6) is 11.5 Å². The van der Waals surface area contributed by atoms with Gasteiger partial charge in [0.15, 0.2) is 5.78 Å². The van der Waals surface area contributed by atoms with Crippen LogP contribution in [0.15, 0.2) is 52.7 Å². The van der Waals surface area contributed by atoms with Crippen LogP contribution in [-0.2, 0) is 4.79 Å². The van der Waals surface area contributed by atoms with Crippen LogP contribution >= 0.6 is 0 Å².